The average Bonchev–Trinajstić information content (AvgIpc) is 2.75. The Kier molecular flexibility index (Phi) is 7.21. The molecule has 0 spiro atoms. The Morgan fingerprint density at radius 2 is 1.82 bits per heavy atom. The van der Waals surface area contributed by atoms with Crippen molar-refractivity contribution in [2.75, 3.05) is 13.7 Å². The molecule has 1 aliphatic heterocycles. The molecule has 0 aromatic heterocycles. The summed E-state index contributed by atoms with van der Waals surface area (Å²) in [4.78, 5) is 13.3. The van der Waals surface area contributed by atoms with E-state index in [1.165, 1.54) is 24.8 Å². The predicted molar refractivity (Wildman–Crippen MR) is 125 cm³/mol. The lowest BCUT2D eigenvalue weighted by Gasteiger charge is -2.27. The minimum absolute atomic E-state index is 0.0515. The molecule has 1 heterocycles. The highest BCUT2D eigenvalue weighted by Gasteiger charge is 2.37. The van der Waals surface area contributed by atoms with Crippen molar-refractivity contribution in [1.29, 1.82) is 0 Å². The minimum atomic E-state index is -0.945. The number of hydrogen-bond acceptors (Lipinski definition) is 7. The summed E-state index contributed by atoms with van der Waals surface area (Å²) >= 11 is 0. The van der Waals surface area contributed by atoms with Gasteiger partial charge in [-0.05, 0) is 46.1 Å². The van der Waals surface area contributed by atoms with Crippen LogP contribution in [0, 0.1) is 0 Å². The zero-order valence-electron chi connectivity index (χ0n) is 19.3. The Morgan fingerprint density at radius 1 is 1.09 bits per heavy atom. The van der Waals surface area contributed by atoms with Gasteiger partial charge in [-0.2, -0.15) is 0 Å². The maximum atomic E-state index is 13.3. The van der Waals surface area contributed by atoms with Crippen molar-refractivity contribution < 1.29 is 34.7 Å². The van der Waals surface area contributed by atoms with Crippen LogP contribution in [0.3, 0.4) is 0 Å². The second kappa shape index (κ2) is 9.90. The summed E-state index contributed by atoms with van der Waals surface area (Å²) in [6.07, 6.45) is 6.25. The molecule has 1 aliphatic rings. The van der Waals surface area contributed by atoms with Gasteiger partial charge in [-0.3, -0.25) is 4.79 Å². The molecule has 3 rings (SSSR count). The fraction of sp³-hybridized carbons (Fsp3) is 0.346. The van der Waals surface area contributed by atoms with E-state index in [4.69, 9.17) is 9.47 Å². The minimum Gasteiger partial charge on any atom is -0.507 e. The number of methoxy groups -OCH3 is 1. The van der Waals surface area contributed by atoms with Gasteiger partial charge in [0.25, 0.3) is 0 Å². The first-order chi connectivity index (χ1) is 15.6. The smallest absolute Gasteiger partial charge is 0.200 e. The van der Waals surface area contributed by atoms with Crippen molar-refractivity contribution in [3.63, 3.8) is 0 Å². The highest BCUT2D eigenvalue weighted by Crippen LogP contribution is 2.47. The molecule has 0 aliphatic carbocycles. The van der Waals surface area contributed by atoms with Crippen LogP contribution in [0.4, 0.5) is 0 Å². The highest BCUT2D eigenvalue weighted by molar-refractivity contribution is 6.07. The lowest BCUT2D eigenvalue weighted by molar-refractivity contribution is 0.0888. The standard InChI is InChI=1S/C26H30O7/c1-14(2)6-5-7-15(3)8-9-17-19(27)12-20(28)22-23(29)18(13-33-26(17)22)16-10-11-21(32-4)25(31)24(16)30/h6,8,10-12,18,27-28,30-31H,5,7,9,13H2,1-4H3. The Bertz CT molecular complexity index is 1120. The molecular formula is C26H30O7. The van der Waals surface area contributed by atoms with E-state index in [-0.39, 0.29) is 35.0 Å². The molecule has 2 aromatic rings. The number of ether oxygens (including phenoxy) is 2. The van der Waals surface area contributed by atoms with Crippen LogP contribution in [0.15, 0.2) is 41.5 Å². The molecule has 0 bridgehead atoms. The fourth-order valence-corrected chi connectivity index (χ4v) is 3.90. The third-order valence-corrected chi connectivity index (χ3v) is 5.78. The Hall–Kier alpha value is -3.61. The van der Waals surface area contributed by atoms with Gasteiger partial charge >= 0.3 is 0 Å². The summed E-state index contributed by atoms with van der Waals surface area (Å²) in [5, 5.41) is 41.4. The number of carbonyl (C=O) groups excluding carboxylic acids is 1. The van der Waals surface area contributed by atoms with E-state index in [1.807, 2.05) is 13.0 Å². The third-order valence-electron chi connectivity index (χ3n) is 5.78. The summed E-state index contributed by atoms with van der Waals surface area (Å²) < 4.78 is 10.8. The zero-order valence-corrected chi connectivity index (χ0v) is 19.3. The van der Waals surface area contributed by atoms with Gasteiger partial charge in [-0.1, -0.05) is 29.4 Å². The number of ketones is 1. The van der Waals surface area contributed by atoms with E-state index in [2.05, 4.69) is 19.9 Å². The monoisotopic (exact) mass is 454 g/mol. The molecule has 0 radical (unpaired) electrons. The SMILES string of the molecule is COc1ccc(C2COc3c(CC=C(C)CCC=C(C)C)c(O)cc(O)c3C2=O)c(O)c1O. The number of carbonyl (C=O) groups is 1. The maximum absolute atomic E-state index is 13.3. The number of phenols is 4. The summed E-state index contributed by atoms with van der Waals surface area (Å²) in [5.41, 5.74) is 2.91. The molecule has 176 valence electrons. The van der Waals surface area contributed by atoms with Crippen molar-refractivity contribution in [2.45, 2.75) is 46.0 Å². The van der Waals surface area contributed by atoms with E-state index in [9.17, 15) is 25.2 Å². The summed E-state index contributed by atoms with van der Waals surface area (Å²) in [7, 11) is 1.35. The van der Waals surface area contributed by atoms with E-state index >= 15 is 0 Å². The van der Waals surface area contributed by atoms with E-state index in [0.29, 0.717) is 12.0 Å². The van der Waals surface area contributed by atoms with Crippen molar-refractivity contribution in [1.82, 2.24) is 0 Å². The van der Waals surface area contributed by atoms with Crippen LogP contribution in [0.1, 0.15) is 61.0 Å². The molecule has 0 saturated carbocycles. The Labute approximate surface area is 193 Å². The third kappa shape index (κ3) is 4.92. The van der Waals surface area contributed by atoms with E-state index in [1.54, 1.807) is 0 Å². The quantitative estimate of drug-likeness (QED) is 0.339. The van der Waals surface area contributed by atoms with Gasteiger partial charge in [0, 0.05) is 17.2 Å². The maximum Gasteiger partial charge on any atom is 0.200 e. The van der Waals surface area contributed by atoms with Gasteiger partial charge in [0.15, 0.2) is 17.3 Å². The average molecular weight is 455 g/mol. The van der Waals surface area contributed by atoms with Crippen LogP contribution in [0.2, 0.25) is 0 Å². The molecule has 7 nitrogen and oxygen atoms in total. The fourth-order valence-electron chi connectivity index (χ4n) is 3.90. The lowest BCUT2D eigenvalue weighted by atomic mass is 9.86. The lowest BCUT2D eigenvalue weighted by Crippen LogP contribution is -2.27. The van der Waals surface area contributed by atoms with Crippen LogP contribution in [0.25, 0.3) is 0 Å². The largest absolute Gasteiger partial charge is 0.507 e. The number of phenolic OH excluding ortho intramolecular Hbond substituents is 4. The first kappa shape index (κ1) is 24.0. The molecule has 1 atom stereocenters. The first-order valence-electron chi connectivity index (χ1n) is 10.8. The molecule has 7 heteroatoms. The van der Waals surface area contributed by atoms with Crippen LogP contribution in [0.5, 0.6) is 34.5 Å². The normalized spacial score (nSPS) is 15.6. The number of hydrogen-bond donors (Lipinski definition) is 4. The van der Waals surface area contributed by atoms with Gasteiger partial charge in [0.1, 0.15) is 29.4 Å². The number of Topliss-reactive ketones (excluding diaryl/α,β-unsaturated/α-hetero) is 1. The molecule has 4 N–H and O–H groups in total. The van der Waals surface area contributed by atoms with Crippen molar-refractivity contribution in [3.05, 3.63) is 58.2 Å². The molecule has 33 heavy (non-hydrogen) atoms. The summed E-state index contributed by atoms with van der Waals surface area (Å²) in [5.74, 6) is -2.72. The molecule has 0 saturated heterocycles. The summed E-state index contributed by atoms with van der Waals surface area (Å²) in [6.45, 7) is 5.98. The molecule has 0 amide bonds. The number of allylic oxidation sites excluding steroid dienone is 4. The van der Waals surface area contributed by atoms with Crippen LogP contribution >= 0.6 is 0 Å². The Balaban J connectivity index is 1.93. The second-order valence-electron chi connectivity index (χ2n) is 8.45. The van der Waals surface area contributed by atoms with E-state index in [0.717, 1.165) is 24.5 Å². The number of benzene rings is 2. The van der Waals surface area contributed by atoms with Crippen molar-refractivity contribution in [3.8, 4) is 34.5 Å². The second-order valence-corrected chi connectivity index (χ2v) is 8.45. The van der Waals surface area contributed by atoms with Crippen molar-refractivity contribution in [2.24, 2.45) is 0 Å². The Morgan fingerprint density at radius 3 is 2.48 bits per heavy atom. The molecule has 1 unspecified atom stereocenters. The van der Waals surface area contributed by atoms with Gasteiger partial charge in [0.2, 0.25) is 5.75 Å². The first-order valence-corrected chi connectivity index (χ1v) is 10.8. The van der Waals surface area contributed by atoms with Crippen LogP contribution in [-0.4, -0.2) is 39.9 Å². The van der Waals surface area contributed by atoms with Crippen molar-refractivity contribution >= 4 is 5.78 Å². The predicted octanol–water partition coefficient (Wildman–Crippen LogP) is 5.11. The number of fused-ring (bicyclic) bond motifs is 1. The topological polar surface area (TPSA) is 116 Å². The number of rotatable bonds is 7. The van der Waals surface area contributed by atoms with Crippen LogP contribution < -0.4 is 9.47 Å². The number of aromatic hydroxyl groups is 4. The summed E-state index contributed by atoms with van der Waals surface area (Å²) in [6, 6.07) is 4.05. The van der Waals surface area contributed by atoms with Gasteiger partial charge in [0.05, 0.1) is 13.0 Å². The molecular weight excluding hydrogens is 424 g/mol. The highest BCUT2D eigenvalue weighted by atomic mass is 16.5. The van der Waals surface area contributed by atoms with E-state index < -0.39 is 28.9 Å². The molecule has 2 aromatic carbocycles. The van der Waals surface area contributed by atoms with Gasteiger partial charge in [-0.25, -0.2) is 0 Å². The van der Waals surface area contributed by atoms with Crippen LogP contribution in [-0.2, 0) is 6.42 Å². The van der Waals surface area contributed by atoms with Gasteiger partial charge in [-0.15, -0.1) is 0 Å². The molecule has 0 fully saturated rings. The zero-order chi connectivity index (χ0) is 24.3. The van der Waals surface area contributed by atoms with Gasteiger partial charge < -0.3 is 29.9 Å².